The Balaban J connectivity index is 2.17. The van der Waals surface area contributed by atoms with Gasteiger partial charge in [0.25, 0.3) is 0 Å². The first-order valence-electron chi connectivity index (χ1n) is 7.61. The first-order chi connectivity index (χ1) is 9.79. The van der Waals surface area contributed by atoms with Crippen LogP contribution in [-0.2, 0) is 16.8 Å². The van der Waals surface area contributed by atoms with Crippen molar-refractivity contribution in [3.8, 4) is 0 Å². The van der Waals surface area contributed by atoms with Crippen LogP contribution in [0.15, 0.2) is 4.52 Å². The number of rotatable bonds is 5. The maximum absolute atomic E-state index is 11.8. The number of hydrogen-bond donors (Lipinski definition) is 1. The summed E-state index contributed by atoms with van der Waals surface area (Å²) in [7, 11) is 0. The zero-order valence-corrected chi connectivity index (χ0v) is 13.3. The molecule has 0 aromatic carbocycles. The molecule has 2 rings (SSSR count). The Morgan fingerprint density at radius 2 is 2.19 bits per heavy atom. The molecule has 2 heterocycles. The number of aromatic nitrogens is 2. The average Bonchev–Trinajstić information content (AvgIpc) is 2.98. The zero-order chi connectivity index (χ0) is 15.7. The van der Waals surface area contributed by atoms with Crippen LogP contribution in [0.4, 0.5) is 0 Å². The lowest BCUT2D eigenvalue weighted by Crippen LogP contribution is -2.50. The Morgan fingerprint density at radius 1 is 1.48 bits per heavy atom. The summed E-state index contributed by atoms with van der Waals surface area (Å²) in [6.45, 7) is 9.27. The largest absolute Gasteiger partial charge is 0.480 e. The Labute approximate surface area is 125 Å². The number of likely N-dealkylation sites (tertiary alicyclic amines) is 1. The Hall–Kier alpha value is -1.43. The summed E-state index contributed by atoms with van der Waals surface area (Å²) in [4.78, 5) is 18.2. The fourth-order valence-electron chi connectivity index (χ4n) is 3.00. The van der Waals surface area contributed by atoms with E-state index in [0.717, 1.165) is 19.4 Å². The maximum atomic E-state index is 11.8. The molecule has 6 heteroatoms. The van der Waals surface area contributed by atoms with Crippen LogP contribution in [0.25, 0.3) is 0 Å². The molecule has 1 aromatic heterocycles. The van der Waals surface area contributed by atoms with Gasteiger partial charge in [0.05, 0.1) is 6.54 Å². The highest BCUT2D eigenvalue weighted by molar-refractivity contribution is 5.79. The monoisotopic (exact) mass is 295 g/mol. The van der Waals surface area contributed by atoms with Gasteiger partial charge in [-0.3, -0.25) is 9.69 Å². The highest BCUT2D eigenvalue weighted by Gasteiger charge is 2.47. The summed E-state index contributed by atoms with van der Waals surface area (Å²) < 4.78 is 5.29. The summed E-state index contributed by atoms with van der Waals surface area (Å²) in [5.41, 5.74) is -0.957. The smallest absolute Gasteiger partial charge is 0.324 e. The molecule has 1 aromatic rings. The molecule has 0 radical (unpaired) electrons. The molecule has 118 valence electrons. The minimum Gasteiger partial charge on any atom is -0.480 e. The van der Waals surface area contributed by atoms with Crippen molar-refractivity contribution in [2.75, 3.05) is 6.54 Å². The number of nitrogens with zero attached hydrogens (tertiary/aromatic N) is 3. The third-order valence-corrected chi connectivity index (χ3v) is 4.13. The Morgan fingerprint density at radius 3 is 2.71 bits per heavy atom. The lowest BCUT2D eigenvalue weighted by Gasteiger charge is -2.33. The first-order valence-corrected chi connectivity index (χ1v) is 7.61. The molecule has 0 aliphatic carbocycles. The van der Waals surface area contributed by atoms with Crippen LogP contribution in [0.3, 0.4) is 0 Å². The zero-order valence-electron chi connectivity index (χ0n) is 13.3. The van der Waals surface area contributed by atoms with Gasteiger partial charge in [0.15, 0.2) is 5.82 Å². The molecule has 0 amide bonds. The second kappa shape index (κ2) is 5.75. The fourth-order valence-corrected chi connectivity index (χ4v) is 3.00. The van der Waals surface area contributed by atoms with Gasteiger partial charge in [-0.25, -0.2) is 0 Å². The fraction of sp³-hybridized carbons (Fsp3) is 0.800. The molecule has 21 heavy (non-hydrogen) atoms. The van der Waals surface area contributed by atoms with E-state index >= 15 is 0 Å². The van der Waals surface area contributed by atoms with E-state index in [1.807, 2.05) is 32.6 Å². The Kier molecular flexibility index (Phi) is 4.37. The van der Waals surface area contributed by atoms with Crippen LogP contribution in [0.5, 0.6) is 0 Å². The van der Waals surface area contributed by atoms with Gasteiger partial charge in [0.2, 0.25) is 5.89 Å². The van der Waals surface area contributed by atoms with Crippen LogP contribution in [0.2, 0.25) is 0 Å². The van der Waals surface area contributed by atoms with Gasteiger partial charge in [0.1, 0.15) is 5.54 Å². The summed E-state index contributed by atoms with van der Waals surface area (Å²) in [6, 6.07) is 0. The van der Waals surface area contributed by atoms with Crippen molar-refractivity contribution in [1.29, 1.82) is 0 Å². The third-order valence-electron chi connectivity index (χ3n) is 4.13. The van der Waals surface area contributed by atoms with E-state index in [1.165, 1.54) is 0 Å². The molecule has 1 fully saturated rings. The minimum absolute atomic E-state index is 0.191. The standard InChI is InChI=1S/C15H25N3O3/c1-5-7-15(13(19)20)8-6-9-18(15)10-11-16-12(21-17-11)14(2,3)4/h5-10H2,1-4H3,(H,19,20). The summed E-state index contributed by atoms with van der Waals surface area (Å²) in [6.07, 6.45) is 3.10. The quantitative estimate of drug-likeness (QED) is 0.899. The van der Waals surface area contributed by atoms with Crippen LogP contribution < -0.4 is 0 Å². The molecule has 0 bridgehead atoms. The number of hydrogen-bond acceptors (Lipinski definition) is 5. The lowest BCUT2D eigenvalue weighted by atomic mass is 9.90. The SMILES string of the molecule is CCCC1(C(=O)O)CCCN1Cc1noc(C(C)(C)C)n1. The topological polar surface area (TPSA) is 79.5 Å². The molecule has 1 saturated heterocycles. The van der Waals surface area contributed by atoms with Crippen molar-refractivity contribution >= 4 is 5.97 Å². The number of aliphatic carboxylic acids is 1. The van der Waals surface area contributed by atoms with E-state index in [0.29, 0.717) is 31.1 Å². The van der Waals surface area contributed by atoms with Gasteiger partial charge in [-0.2, -0.15) is 4.98 Å². The normalized spacial score (nSPS) is 23.6. The van der Waals surface area contributed by atoms with Crippen molar-refractivity contribution in [1.82, 2.24) is 15.0 Å². The lowest BCUT2D eigenvalue weighted by molar-refractivity contribution is -0.150. The average molecular weight is 295 g/mol. The molecular weight excluding hydrogens is 270 g/mol. The Bertz CT molecular complexity index is 507. The number of carboxylic acids is 1. The summed E-state index contributed by atoms with van der Waals surface area (Å²) in [5.74, 6) is 0.429. The molecule has 0 spiro atoms. The van der Waals surface area contributed by atoms with Crippen LogP contribution in [0, 0.1) is 0 Å². The molecule has 1 N–H and O–H groups in total. The van der Waals surface area contributed by atoms with E-state index in [1.54, 1.807) is 0 Å². The number of carboxylic acid groups (broad SMARTS) is 1. The van der Waals surface area contributed by atoms with E-state index in [2.05, 4.69) is 10.1 Å². The minimum atomic E-state index is -0.767. The molecule has 1 aliphatic rings. The van der Waals surface area contributed by atoms with Gasteiger partial charge in [0, 0.05) is 5.41 Å². The third kappa shape index (κ3) is 3.10. The molecule has 1 aliphatic heterocycles. The molecule has 0 saturated carbocycles. The second-order valence-corrected chi connectivity index (χ2v) is 6.88. The van der Waals surface area contributed by atoms with Gasteiger partial charge in [-0.05, 0) is 25.8 Å². The van der Waals surface area contributed by atoms with Crippen molar-refractivity contribution in [3.05, 3.63) is 11.7 Å². The van der Waals surface area contributed by atoms with Crippen LogP contribution >= 0.6 is 0 Å². The molecule has 1 atom stereocenters. The van der Waals surface area contributed by atoms with E-state index < -0.39 is 11.5 Å². The van der Waals surface area contributed by atoms with Crippen molar-refractivity contribution in [2.45, 2.75) is 70.9 Å². The van der Waals surface area contributed by atoms with Crippen molar-refractivity contribution in [2.24, 2.45) is 0 Å². The number of carbonyl (C=O) groups is 1. The predicted octanol–water partition coefficient (Wildman–Crippen LogP) is 2.59. The molecular formula is C15H25N3O3. The van der Waals surface area contributed by atoms with Crippen molar-refractivity contribution in [3.63, 3.8) is 0 Å². The predicted molar refractivity (Wildman–Crippen MR) is 77.9 cm³/mol. The van der Waals surface area contributed by atoms with Crippen molar-refractivity contribution < 1.29 is 14.4 Å². The highest BCUT2D eigenvalue weighted by atomic mass is 16.5. The molecule has 1 unspecified atom stereocenters. The van der Waals surface area contributed by atoms with Crippen LogP contribution in [0.1, 0.15) is 65.1 Å². The highest BCUT2D eigenvalue weighted by Crippen LogP contribution is 2.35. The van der Waals surface area contributed by atoms with Gasteiger partial charge < -0.3 is 9.63 Å². The van der Waals surface area contributed by atoms with Crippen LogP contribution in [-0.4, -0.2) is 38.2 Å². The molecule has 6 nitrogen and oxygen atoms in total. The van der Waals surface area contributed by atoms with Gasteiger partial charge in [-0.15, -0.1) is 0 Å². The summed E-state index contributed by atoms with van der Waals surface area (Å²) >= 11 is 0. The van der Waals surface area contributed by atoms with Gasteiger partial charge in [-0.1, -0.05) is 39.3 Å². The maximum Gasteiger partial charge on any atom is 0.324 e. The van der Waals surface area contributed by atoms with E-state index in [9.17, 15) is 9.90 Å². The second-order valence-electron chi connectivity index (χ2n) is 6.88. The van der Waals surface area contributed by atoms with E-state index in [4.69, 9.17) is 4.52 Å². The summed E-state index contributed by atoms with van der Waals surface area (Å²) in [5, 5.41) is 13.7. The first kappa shape index (κ1) is 15.9. The van der Waals surface area contributed by atoms with Gasteiger partial charge >= 0.3 is 5.97 Å². The van der Waals surface area contributed by atoms with E-state index in [-0.39, 0.29) is 5.41 Å².